The lowest BCUT2D eigenvalue weighted by atomic mass is 10.0. The van der Waals surface area contributed by atoms with Crippen molar-refractivity contribution in [3.63, 3.8) is 0 Å². The van der Waals surface area contributed by atoms with E-state index >= 15 is 0 Å². The Kier molecular flexibility index (Phi) is 42.9. The van der Waals surface area contributed by atoms with Crippen molar-refractivity contribution >= 4 is 0 Å². The van der Waals surface area contributed by atoms with Gasteiger partial charge in [-0.1, -0.05) is 251 Å². The van der Waals surface area contributed by atoms with Crippen LogP contribution in [-0.2, 0) is 0 Å². The molecule has 0 amide bonds. The molecule has 0 aliphatic heterocycles. The second-order valence-corrected chi connectivity index (χ2v) is 15.3. The Morgan fingerprint density at radius 2 is 0.478 bits per heavy atom. The van der Waals surface area contributed by atoms with Crippen LogP contribution in [0.25, 0.3) is 0 Å². The summed E-state index contributed by atoms with van der Waals surface area (Å²) in [5.74, 6) is 0. The molecule has 0 heterocycles. The van der Waals surface area contributed by atoms with Crippen LogP contribution in [0.15, 0.2) is 0 Å². The maximum absolute atomic E-state index is 10.2. The molecule has 0 fully saturated rings. The third-order valence-electron chi connectivity index (χ3n) is 10.5. The molecule has 0 aromatic heterocycles. The topological polar surface area (TPSA) is 32.3 Å². The third-order valence-corrected chi connectivity index (χ3v) is 10.5. The molecule has 0 saturated carbocycles. The summed E-state index contributed by atoms with van der Waals surface area (Å²) in [6, 6.07) is 0. The van der Waals surface area contributed by atoms with Crippen molar-refractivity contribution in [2.45, 2.75) is 277 Å². The molecule has 2 heteroatoms. The number of rotatable bonds is 42. The van der Waals surface area contributed by atoms with Gasteiger partial charge in [-0.05, 0) is 25.8 Å². The van der Waals surface area contributed by atoms with E-state index < -0.39 is 0 Å². The van der Waals surface area contributed by atoms with Crippen LogP contribution in [0.1, 0.15) is 271 Å². The summed E-state index contributed by atoms with van der Waals surface area (Å²) < 4.78 is 0. The summed E-state index contributed by atoms with van der Waals surface area (Å²) >= 11 is 0. The standard InChI is InChI=1S/C44H91NO/c1-3-5-7-9-11-13-15-17-19-21-23-25-27-29-31-33-35-37-39-41-43-45-44(46)42-40-38-36-34-32-30-28-26-24-22-20-18-16-14-12-10-8-6-4-2/h44-46H,3-43H2,1-2H3. The molecule has 0 aromatic rings. The maximum Gasteiger partial charge on any atom is 0.104 e. The molecular weight excluding hydrogens is 558 g/mol. The first kappa shape index (κ1) is 45.9. The molecule has 0 saturated heterocycles. The van der Waals surface area contributed by atoms with Crippen LogP contribution in [0.2, 0.25) is 0 Å². The number of hydrogen-bond acceptors (Lipinski definition) is 2. The summed E-state index contributed by atoms with van der Waals surface area (Å²) in [5, 5.41) is 13.6. The van der Waals surface area contributed by atoms with Gasteiger partial charge in [0.2, 0.25) is 0 Å². The first-order valence-corrected chi connectivity index (χ1v) is 22.2. The largest absolute Gasteiger partial charge is 0.379 e. The Labute approximate surface area is 293 Å². The average molecular weight is 650 g/mol. The summed E-state index contributed by atoms with van der Waals surface area (Å²) in [4.78, 5) is 0. The molecule has 0 radical (unpaired) electrons. The molecule has 278 valence electrons. The molecule has 46 heavy (non-hydrogen) atoms. The summed E-state index contributed by atoms with van der Waals surface area (Å²) in [7, 11) is 0. The van der Waals surface area contributed by atoms with Crippen molar-refractivity contribution < 1.29 is 5.11 Å². The van der Waals surface area contributed by atoms with Crippen LogP contribution in [0.4, 0.5) is 0 Å². The molecule has 0 bridgehead atoms. The van der Waals surface area contributed by atoms with E-state index in [9.17, 15) is 5.11 Å². The van der Waals surface area contributed by atoms with E-state index in [0.29, 0.717) is 0 Å². The lowest BCUT2D eigenvalue weighted by Gasteiger charge is -2.12. The van der Waals surface area contributed by atoms with Crippen LogP contribution in [0.3, 0.4) is 0 Å². The molecule has 1 atom stereocenters. The van der Waals surface area contributed by atoms with Gasteiger partial charge in [0.15, 0.2) is 0 Å². The normalized spacial score (nSPS) is 12.3. The molecule has 1 unspecified atom stereocenters. The van der Waals surface area contributed by atoms with E-state index in [1.54, 1.807) is 0 Å². The van der Waals surface area contributed by atoms with Gasteiger partial charge in [0.25, 0.3) is 0 Å². The quantitative estimate of drug-likeness (QED) is 0.0509. The van der Waals surface area contributed by atoms with Crippen molar-refractivity contribution in [3.05, 3.63) is 0 Å². The smallest absolute Gasteiger partial charge is 0.104 e. The molecule has 2 N–H and O–H groups in total. The Hall–Kier alpha value is -0.0800. The highest BCUT2D eigenvalue weighted by Crippen LogP contribution is 2.17. The Morgan fingerprint density at radius 1 is 0.283 bits per heavy atom. The van der Waals surface area contributed by atoms with Gasteiger partial charge >= 0.3 is 0 Å². The van der Waals surface area contributed by atoms with Gasteiger partial charge in [-0.3, -0.25) is 5.32 Å². The zero-order valence-corrected chi connectivity index (χ0v) is 32.5. The average Bonchev–Trinajstić information content (AvgIpc) is 3.06. The van der Waals surface area contributed by atoms with E-state index in [2.05, 4.69) is 19.2 Å². The SMILES string of the molecule is CCCCCCCCCCCCCCCCCCCCCCNC(O)CCCCCCCCCCCCCCCCCCCCC. The molecule has 0 aliphatic rings. The van der Waals surface area contributed by atoms with E-state index in [1.807, 2.05) is 0 Å². The van der Waals surface area contributed by atoms with Crippen LogP contribution < -0.4 is 5.32 Å². The van der Waals surface area contributed by atoms with Gasteiger partial charge in [0, 0.05) is 0 Å². The number of unbranched alkanes of at least 4 members (excludes halogenated alkanes) is 37. The highest BCUT2D eigenvalue weighted by atomic mass is 16.3. The highest BCUT2D eigenvalue weighted by Gasteiger charge is 2.03. The first-order chi connectivity index (χ1) is 22.8. The minimum atomic E-state index is -0.286. The van der Waals surface area contributed by atoms with Crippen LogP contribution in [-0.4, -0.2) is 17.9 Å². The minimum Gasteiger partial charge on any atom is -0.379 e. The van der Waals surface area contributed by atoms with E-state index in [-0.39, 0.29) is 6.23 Å². The number of aliphatic hydroxyl groups is 1. The number of aliphatic hydroxyl groups excluding tert-OH is 1. The number of hydrogen-bond donors (Lipinski definition) is 2. The molecule has 0 aliphatic carbocycles. The van der Waals surface area contributed by atoms with Gasteiger partial charge in [-0.15, -0.1) is 0 Å². The van der Waals surface area contributed by atoms with Crippen LogP contribution >= 0.6 is 0 Å². The third kappa shape index (κ3) is 41.9. The monoisotopic (exact) mass is 650 g/mol. The predicted molar refractivity (Wildman–Crippen MR) is 210 cm³/mol. The van der Waals surface area contributed by atoms with Gasteiger partial charge in [-0.2, -0.15) is 0 Å². The van der Waals surface area contributed by atoms with Crippen molar-refractivity contribution in [2.75, 3.05) is 6.54 Å². The zero-order valence-electron chi connectivity index (χ0n) is 32.5. The zero-order chi connectivity index (χ0) is 33.3. The van der Waals surface area contributed by atoms with Crippen LogP contribution in [0, 0.1) is 0 Å². The Balaban J connectivity index is 3.13. The lowest BCUT2D eigenvalue weighted by molar-refractivity contribution is 0.124. The summed E-state index contributed by atoms with van der Waals surface area (Å²) in [5.41, 5.74) is 0. The predicted octanol–water partition coefficient (Wildman–Crippen LogP) is 15.5. The van der Waals surface area contributed by atoms with Gasteiger partial charge < -0.3 is 5.11 Å². The molecule has 0 rings (SSSR count). The van der Waals surface area contributed by atoms with Crippen molar-refractivity contribution in [3.8, 4) is 0 Å². The van der Waals surface area contributed by atoms with E-state index in [0.717, 1.165) is 13.0 Å². The van der Waals surface area contributed by atoms with Gasteiger partial charge in [-0.25, -0.2) is 0 Å². The molecule has 2 nitrogen and oxygen atoms in total. The maximum atomic E-state index is 10.2. The van der Waals surface area contributed by atoms with Crippen molar-refractivity contribution in [2.24, 2.45) is 0 Å². The fourth-order valence-corrected chi connectivity index (χ4v) is 7.17. The summed E-state index contributed by atoms with van der Waals surface area (Å²) in [6.07, 6.45) is 56.1. The second-order valence-electron chi connectivity index (χ2n) is 15.3. The minimum absolute atomic E-state index is 0.286. The highest BCUT2D eigenvalue weighted by molar-refractivity contribution is 4.57. The Bertz CT molecular complexity index is 508. The fourth-order valence-electron chi connectivity index (χ4n) is 7.17. The van der Waals surface area contributed by atoms with E-state index in [4.69, 9.17) is 0 Å². The molecular formula is C44H91NO. The number of nitrogens with one attached hydrogen (secondary N) is 1. The summed E-state index contributed by atoms with van der Waals surface area (Å²) in [6.45, 7) is 5.59. The Morgan fingerprint density at radius 3 is 0.717 bits per heavy atom. The second kappa shape index (κ2) is 42.9. The van der Waals surface area contributed by atoms with Crippen molar-refractivity contribution in [1.82, 2.24) is 5.32 Å². The van der Waals surface area contributed by atoms with Gasteiger partial charge in [0.1, 0.15) is 6.23 Å². The van der Waals surface area contributed by atoms with Gasteiger partial charge in [0.05, 0.1) is 0 Å². The van der Waals surface area contributed by atoms with E-state index in [1.165, 1.54) is 250 Å². The molecule has 0 aromatic carbocycles. The molecule has 0 spiro atoms. The lowest BCUT2D eigenvalue weighted by Crippen LogP contribution is -2.29. The first-order valence-electron chi connectivity index (χ1n) is 22.2. The fraction of sp³-hybridized carbons (Fsp3) is 1.00. The van der Waals surface area contributed by atoms with Crippen LogP contribution in [0.5, 0.6) is 0 Å². The van der Waals surface area contributed by atoms with Crippen molar-refractivity contribution in [1.29, 1.82) is 0 Å².